The van der Waals surface area contributed by atoms with Crippen LogP contribution in [0.25, 0.3) is 0 Å². The lowest BCUT2D eigenvalue weighted by atomic mass is 10.0. The normalized spacial score (nSPS) is 11.8. The van der Waals surface area contributed by atoms with Gasteiger partial charge in [0.05, 0.1) is 6.04 Å². The Hall–Kier alpha value is -2.13. The van der Waals surface area contributed by atoms with Crippen LogP contribution in [0.4, 0.5) is 0 Å². The van der Waals surface area contributed by atoms with E-state index in [1.807, 2.05) is 51.1 Å². The minimum Gasteiger partial charge on any atom is -0.350 e. The second-order valence-corrected chi connectivity index (χ2v) is 6.50. The predicted molar refractivity (Wildman–Crippen MR) is 97.5 cm³/mol. The van der Waals surface area contributed by atoms with E-state index < -0.39 is 0 Å². The Morgan fingerprint density at radius 2 is 1.67 bits per heavy atom. The molecule has 0 aliphatic rings. The average Bonchev–Trinajstić information content (AvgIpc) is 2.55. The lowest BCUT2D eigenvalue weighted by molar-refractivity contribution is -0.121. The molecule has 0 spiro atoms. The molecule has 0 bridgehead atoms. The summed E-state index contributed by atoms with van der Waals surface area (Å²) in [6.45, 7) is 5.90. The molecule has 3 nitrogen and oxygen atoms in total. The minimum atomic E-state index is -0.130. The molecule has 0 saturated carbocycles. The van der Waals surface area contributed by atoms with Crippen molar-refractivity contribution < 1.29 is 9.59 Å². The molecule has 0 fully saturated rings. The van der Waals surface area contributed by atoms with Gasteiger partial charge in [0.2, 0.25) is 5.91 Å². The fourth-order valence-corrected chi connectivity index (χ4v) is 2.56. The van der Waals surface area contributed by atoms with Crippen LogP contribution >= 0.6 is 11.6 Å². The SMILES string of the molecule is Cc1ccc(C(=O)CCC(=O)N[C@H](C)c2ccc(Cl)cc2)cc1C. The number of nitrogens with one attached hydrogen (secondary N) is 1. The summed E-state index contributed by atoms with van der Waals surface area (Å²) in [5.74, 6) is -0.137. The van der Waals surface area contributed by atoms with Crippen molar-refractivity contribution in [2.45, 2.75) is 39.7 Å². The van der Waals surface area contributed by atoms with E-state index in [2.05, 4.69) is 5.32 Å². The van der Waals surface area contributed by atoms with Gasteiger partial charge >= 0.3 is 0 Å². The summed E-state index contributed by atoms with van der Waals surface area (Å²) < 4.78 is 0. The number of amides is 1. The summed E-state index contributed by atoms with van der Waals surface area (Å²) >= 11 is 5.86. The number of Topliss-reactive ketones (excluding diaryl/α,β-unsaturated/α-hetero) is 1. The van der Waals surface area contributed by atoms with Crippen LogP contribution in [-0.2, 0) is 4.79 Å². The molecule has 1 atom stereocenters. The van der Waals surface area contributed by atoms with Gasteiger partial charge in [-0.15, -0.1) is 0 Å². The molecule has 4 heteroatoms. The predicted octanol–water partition coefficient (Wildman–Crippen LogP) is 4.80. The van der Waals surface area contributed by atoms with Crippen LogP contribution in [0.1, 0.15) is 52.9 Å². The molecule has 2 aromatic rings. The standard InChI is InChI=1S/C20H22ClNO2/c1-13-4-5-17(12-14(13)2)19(23)10-11-20(24)22-15(3)16-6-8-18(21)9-7-16/h4-9,12,15H,10-11H2,1-3H3,(H,22,24)/t15-/m1/s1. The van der Waals surface area contributed by atoms with E-state index in [1.54, 1.807) is 12.1 Å². The number of carbonyl (C=O) groups excluding carboxylic acids is 2. The zero-order chi connectivity index (χ0) is 17.7. The van der Waals surface area contributed by atoms with Crippen LogP contribution < -0.4 is 5.32 Å². The highest BCUT2D eigenvalue weighted by Crippen LogP contribution is 2.17. The van der Waals surface area contributed by atoms with E-state index >= 15 is 0 Å². The molecule has 0 aliphatic heterocycles. The van der Waals surface area contributed by atoms with Crippen LogP contribution in [0.2, 0.25) is 5.02 Å². The van der Waals surface area contributed by atoms with Crippen molar-refractivity contribution in [3.63, 3.8) is 0 Å². The van der Waals surface area contributed by atoms with Gasteiger partial charge in [-0.2, -0.15) is 0 Å². The van der Waals surface area contributed by atoms with Crippen molar-refractivity contribution in [2.24, 2.45) is 0 Å². The van der Waals surface area contributed by atoms with Crippen molar-refractivity contribution in [2.75, 3.05) is 0 Å². The van der Waals surface area contributed by atoms with Gasteiger partial charge in [0, 0.05) is 23.4 Å². The van der Waals surface area contributed by atoms with E-state index in [4.69, 9.17) is 11.6 Å². The maximum Gasteiger partial charge on any atom is 0.220 e. The van der Waals surface area contributed by atoms with Crippen LogP contribution in [0.15, 0.2) is 42.5 Å². The molecule has 0 heterocycles. The Labute approximate surface area is 148 Å². The van der Waals surface area contributed by atoms with Crippen LogP contribution in [0.3, 0.4) is 0 Å². The Balaban J connectivity index is 1.87. The summed E-state index contributed by atoms with van der Waals surface area (Å²) in [7, 11) is 0. The van der Waals surface area contributed by atoms with Crippen molar-refractivity contribution in [3.05, 3.63) is 69.7 Å². The second kappa shape index (κ2) is 8.11. The van der Waals surface area contributed by atoms with E-state index in [9.17, 15) is 9.59 Å². The third kappa shape index (κ3) is 4.93. The van der Waals surface area contributed by atoms with Crippen LogP contribution in [-0.4, -0.2) is 11.7 Å². The van der Waals surface area contributed by atoms with E-state index in [1.165, 1.54) is 0 Å². The number of benzene rings is 2. The third-order valence-corrected chi connectivity index (χ3v) is 4.41. The molecule has 0 radical (unpaired) electrons. The van der Waals surface area contributed by atoms with Gasteiger partial charge in [-0.1, -0.05) is 35.9 Å². The Kier molecular flexibility index (Phi) is 6.16. The second-order valence-electron chi connectivity index (χ2n) is 6.06. The summed E-state index contributed by atoms with van der Waals surface area (Å²) in [6.07, 6.45) is 0.394. The smallest absolute Gasteiger partial charge is 0.220 e. The molecule has 2 rings (SSSR count). The molecule has 1 N–H and O–H groups in total. The van der Waals surface area contributed by atoms with E-state index in [0.29, 0.717) is 10.6 Å². The van der Waals surface area contributed by atoms with Crippen molar-refractivity contribution in [1.82, 2.24) is 5.32 Å². The van der Waals surface area contributed by atoms with Gasteiger partial charge in [-0.05, 0) is 55.7 Å². The largest absolute Gasteiger partial charge is 0.350 e. The fraction of sp³-hybridized carbons (Fsp3) is 0.300. The molecule has 0 unspecified atom stereocenters. The molecule has 0 aromatic heterocycles. The minimum absolute atomic E-state index is 0.00704. The maximum atomic E-state index is 12.2. The summed E-state index contributed by atoms with van der Waals surface area (Å²) in [5.41, 5.74) is 3.88. The van der Waals surface area contributed by atoms with Gasteiger partial charge in [0.25, 0.3) is 0 Å². The Bertz CT molecular complexity index is 738. The highest BCUT2D eigenvalue weighted by Gasteiger charge is 2.13. The molecule has 126 valence electrons. The zero-order valence-electron chi connectivity index (χ0n) is 14.2. The highest BCUT2D eigenvalue weighted by molar-refractivity contribution is 6.30. The summed E-state index contributed by atoms with van der Waals surface area (Å²) in [4.78, 5) is 24.3. The molecular formula is C20H22ClNO2. The number of carbonyl (C=O) groups is 2. The van der Waals surface area contributed by atoms with Gasteiger partial charge < -0.3 is 5.32 Å². The van der Waals surface area contributed by atoms with Gasteiger partial charge in [0.1, 0.15) is 0 Å². The number of hydrogen-bond acceptors (Lipinski definition) is 2. The Morgan fingerprint density at radius 1 is 1.00 bits per heavy atom. The quantitative estimate of drug-likeness (QED) is 0.766. The zero-order valence-corrected chi connectivity index (χ0v) is 15.0. The number of hydrogen-bond donors (Lipinski definition) is 1. The molecule has 24 heavy (non-hydrogen) atoms. The third-order valence-electron chi connectivity index (χ3n) is 4.16. The lowest BCUT2D eigenvalue weighted by Crippen LogP contribution is -2.26. The highest BCUT2D eigenvalue weighted by atomic mass is 35.5. The van der Waals surface area contributed by atoms with Gasteiger partial charge in [0.15, 0.2) is 5.78 Å². The lowest BCUT2D eigenvalue weighted by Gasteiger charge is -2.14. The number of ketones is 1. The molecule has 2 aromatic carbocycles. The monoisotopic (exact) mass is 343 g/mol. The first-order valence-electron chi connectivity index (χ1n) is 8.02. The van der Waals surface area contributed by atoms with Crippen molar-refractivity contribution in [1.29, 1.82) is 0 Å². The first-order chi connectivity index (χ1) is 11.4. The summed E-state index contributed by atoms with van der Waals surface area (Å²) in [5, 5.41) is 3.57. The molecular weight excluding hydrogens is 322 g/mol. The van der Waals surface area contributed by atoms with E-state index in [0.717, 1.165) is 16.7 Å². The first-order valence-corrected chi connectivity index (χ1v) is 8.40. The topological polar surface area (TPSA) is 46.2 Å². The first kappa shape index (κ1) is 18.2. The molecule has 0 saturated heterocycles. The maximum absolute atomic E-state index is 12.2. The number of aryl methyl sites for hydroxylation is 2. The van der Waals surface area contributed by atoms with Crippen LogP contribution in [0, 0.1) is 13.8 Å². The number of rotatable bonds is 6. The Morgan fingerprint density at radius 3 is 2.29 bits per heavy atom. The molecule has 1 amide bonds. The van der Waals surface area contributed by atoms with Crippen molar-refractivity contribution >= 4 is 23.3 Å². The molecule has 0 aliphatic carbocycles. The average molecular weight is 344 g/mol. The van der Waals surface area contributed by atoms with Gasteiger partial charge in [-0.3, -0.25) is 9.59 Å². The number of halogens is 1. The van der Waals surface area contributed by atoms with Gasteiger partial charge in [-0.25, -0.2) is 0 Å². The van der Waals surface area contributed by atoms with Crippen molar-refractivity contribution in [3.8, 4) is 0 Å². The van der Waals surface area contributed by atoms with Crippen LogP contribution in [0.5, 0.6) is 0 Å². The summed E-state index contributed by atoms with van der Waals surface area (Å²) in [6, 6.07) is 12.9. The fourth-order valence-electron chi connectivity index (χ4n) is 2.43. The van der Waals surface area contributed by atoms with E-state index in [-0.39, 0.29) is 30.6 Å².